The third kappa shape index (κ3) is 2.41. The Kier molecular flexibility index (Phi) is 3.44. The molecule has 24 heavy (non-hydrogen) atoms. The molecule has 1 amide bonds. The van der Waals surface area contributed by atoms with Gasteiger partial charge in [-0.25, -0.2) is 0 Å². The number of amides is 1. The molecule has 5 heteroatoms. The minimum absolute atomic E-state index is 0.118. The second-order valence-electron chi connectivity index (χ2n) is 8.40. The van der Waals surface area contributed by atoms with Gasteiger partial charge in [0.25, 0.3) is 5.69 Å². The maximum Gasteiger partial charge on any atom is 0.269 e. The summed E-state index contributed by atoms with van der Waals surface area (Å²) in [5.41, 5.74) is 1.64. The van der Waals surface area contributed by atoms with Gasteiger partial charge in [-0.1, -0.05) is 12.1 Å². The molecule has 0 saturated heterocycles. The maximum absolute atomic E-state index is 12.1. The molecule has 0 aromatic heterocycles. The number of hydrogen-bond acceptors (Lipinski definition) is 3. The zero-order valence-corrected chi connectivity index (χ0v) is 14.1. The van der Waals surface area contributed by atoms with Crippen molar-refractivity contribution in [3.63, 3.8) is 0 Å². The van der Waals surface area contributed by atoms with Crippen molar-refractivity contribution in [3.8, 4) is 0 Å². The summed E-state index contributed by atoms with van der Waals surface area (Å²) in [6, 6.07) is 7.19. The van der Waals surface area contributed by atoms with Crippen LogP contribution in [-0.2, 0) is 10.2 Å². The largest absolute Gasteiger partial charge is 0.359 e. The van der Waals surface area contributed by atoms with E-state index in [9.17, 15) is 14.9 Å². The summed E-state index contributed by atoms with van der Waals surface area (Å²) in [7, 11) is 1.72. The Bertz CT molecular complexity index is 668. The number of carbonyl (C=O) groups excluding carboxylic acids is 1. The van der Waals surface area contributed by atoms with Gasteiger partial charge in [0.2, 0.25) is 5.91 Å². The third-order valence-corrected chi connectivity index (χ3v) is 6.69. The Labute approximate surface area is 142 Å². The van der Waals surface area contributed by atoms with Crippen molar-refractivity contribution in [1.82, 2.24) is 5.32 Å². The molecule has 4 atom stereocenters. The van der Waals surface area contributed by atoms with E-state index >= 15 is 0 Å². The van der Waals surface area contributed by atoms with Crippen molar-refractivity contribution in [2.75, 3.05) is 7.05 Å². The molecule has 0 aliphatic heterocycles. The lowest BCUT2D eigenvalue weighted by molar-refractivity contribution is -0.384. The minimum atomic E-state index is -0.337. The fraction of sp³-hybridized carbons (Fsp3) is 0.632. The highest BCUT2D eigenvalue weighted by molar-refractivity contribution is 5.76. The summed E-state index contributed by atoms with van der Waals surface area (Å²) < 4.78 is 0. The topological polar surface area (TPSA) is 72.2 Å². The van der Waals surface area contributed by atoms with Crippen LogP contribution >= 0.6 is 0 Å². The van der Waals surface area contributed by atoms with Crippen LogP contribution in [0.15, 0.2) is 24.3 Å². The number of nitrogens with zero attached hydrogens (tertiary/aromatic N) is 1. The molecular formula is C19H24N2O3. The van der Waals surface area contributed by atoms with Gasteiger partial charge in [0.15, 0.2) is 0 Å². The first-order valence-electron chi connectivity index (χ1n) is 8.89. The third-order valence-electron chi connectivity index (χ3n) is 6.69. The number of carbonyl (C=O) groups is 1. The summed E-state index contributed by atoms with van der Waals surface area (Å²) in [5.74, 6) is 1.55. The molecule has 0 spiro atoms. The average Bonchev–Trinajstić information content (AvgIpc) is 2.53. The average molecular weight is 328 g/mol. The maximum atomic E-state index is 12.1. The van der Waals surface area contributed by atoms with Gasteiger partial charge in [-0.3, -0.25) is 14.9 Å². The van der Waals surface area contributed by atoms with E-state index in [1.54, 1.807) is 19.2 Å². The zero-order valence-electron chi connectivity index (χ0n) is 14.1. The molecule has 1 aromatic rings. The number of nitro groups is 1. The molecule has 2 unspecified atom stereocenters. The summed E-state index contributed by atoms with van der Waals surface area (Å²) in [6.45, 7) is 0. The van der Waals surface area contributed by atoms with Crippen LogP contribution in [0.5, 0.6) is 0 Å². The van der Waals surface area contributed by atoms with E-state index in [1.807, 2.05) is 12.1 Å². The molecule has 4 aliphatic rings. The van der Waals surface area contributed by atoms with Crippen LogP contribution in [-0.4, -0.2) is 17.9 Å². The van der Waals surface area contributed by atoms with Gasteiger partial charge in [-0.05, 0) is 66.8 Å². The van der Waals surface area contributed by atoms with Gasteiger partial charge in [-0.2, -0.15) is 0 Å². The summed E-state index contributed by atoms with van der Waals surface area (Å²) in [4.78, 5) is 22.7. The molecule has 0 heterocycles. The molecule has 128 valence electrons. The minimum Gasteiger partial charge on any atom is -0.359 e. The van der Waals surface area contributed by atoms with Crippen molar-refractivity contribution >= 4 is 11.6 Å². The number of benzene rings is 1. The smallest absolute Gasteiger partial charge is 0.269 e. The van der Waals surface area contributed by atoms with Crippen LogP contribution in [0.2, 0.25) is 0 Å². The zero-order chi connectivity index (χ0) is 16.9. The van der Waals surface area contributed by atoms with Gasteiger partial charge < -0.3 is 5.32 Å². The van der Waals surface area contributed by atoms with Crippen LogP contribution in [0.4, 0.5) is 5.69 Å². The summed E-state index contributed by atoms with van der Waals surface area (Å²) in [6.07, 6.45) is 7.68. The second kappa shape index (κ2) is 5.30. The van der Waals surface area contributed by atoms with E-state index in [-0.39, 0.29) is 27.3 Å². The van der Waals surface area contributed by atoms with E-state index in [0.29, 0.717) is 18.3 Å². The van der Waals surface area contributed by atoms with E-state index < -0.39 is 0 Å². The van der Waals surface area contributed by atoms with Gasteiger partial charge in [-0.15, -0.1) is 0 Å². The Morgan fingerprint density at radius 2 is 1.83 bits per heavy atom. The van der Waals surface area contributed by atoms with E-state index in [4.69, 9.17) is 0 Å². The van der Waals surface area contributed by atoms with Crippen molar-refractivity contribution < 1.29 is 9.72 Å². The highest BCUT2D eigenvalue weighted by atomic mass is 16.6. The second-order valence-corrected chi connectivity index (χ2v) is 8.40. The van der Waals surface area contributed by atoms with E-state index in [0.717, 1.165) is 6.42 Å². The van der Waals surface area contributed by atoms with Gasteiger partial charge >= 0.3 is 0 Å². The predicted molar refractivity (Wildman–Crippen MR) is 90.6 cm³/mol. The SMILES string of the molecule is CNC(=O)CC12C[C@H]3C[C@@H](C1)CC(c1ccc([N+](=O)[O-])cc1)(C3)C2. The lowest BCUT2D eigenvalue weighted by atomic mass is 9.42. The van der Waals surface area contributed by atoms with Crippen molar-refractivity contribution in [3.05, 3.63) is 39.9 Å². The van der Waals surface area contributed by atoms with Gasteiger partial charge in [0.1, 0.15) is 0 Å². The summed E-state index contributed by atoms with van der Waals surface area (Å²) >= 11 is 0. The van der Waals surface area contributed by atoms with Crippen molar-refractivity contribution in [1.29, 1.82) is 0 Å². The molecule has 5 rings (SSSR count). The van der Waals surface area contributed by atoms with Gasteiger partial charge in [0, 0.05) is 25.6 Å². The fourth-order valence-electron chi connectivity index (χ4n) is 6.36. The Hall–Kier alpha value is -1.91. The lowest BCUT2D eigenvalue weighted by Crippen LogP contribution is -2.55. The fourth-order valence-corrected chi connectivity index (χ4v) is 6.36. The predicted octanol–water partition coefficient (Wildman–Crippen LogP) is 3.57. The molecule has 1 N–H and O–H groups in total. The first kappa shape index (κ1) is 15.6. The number of nitrogens with one attached hydrogen (secondary N) is 1. The molecule has 1 aromatic carbocycles. The highest BCUT2D eigenvalue weighted by Gasteiger charge is 2.58. The molecule has 4 fully saturated rings. The first-order valence-corrected chi connectivity index (χ1v) is 8.89. The molecule has 0 radical (unpaired) electrons. The standard InChI is InChI=1S/C19H24N2O3/c1-20-17(22)11-18-7-13-6-14(8-18)10-19(9-13,12-18)15-2-4-16(5-3-15)21(23)24/h2-5,13-14H,6-12H2,1H3,(H,20,22)/t13-,14+,18?,19?. The lowest BCUT2D eigenvalue weighted by Gasteiger charge is -2.62. The normalized spacial score (nSPS) is 36.5. The van der Waals surface area contributed by atoms with Crippen LogP contribution in [0, 0.1) is 27.4 Å². The van der Waals surface area contributed by atoms with Crippen LogP contribution < -0.4 is 5.32 Å². The first-order chi connectivity index (χ1) is 11.4. The van der Waals surface area contributed by atoms with E-state index in [1.165, 1.54) is 37.7 Å². The number of nitro benzene ring substituents is 1. The molecule has 4 bridgehead atoms. The number of hydrogen-bond donors (Lipinski definition) is 1. The Morgan fingerprint density at radius 1 is 1.21 bits per heavy atom. The molecule has 5 nitrogen and oxygen atoms in total. The van der Waals surface area contributed by atoms with Crippen molar-refractivity contribution in [2.45, 2.75) is 50.4 Å². The molecule has 4 saturated carbocycles. The quantitative estimate of drug-likeness (QED) is 0.678. The molecule has 4 aliphatic carbocycles. The number of non-ortho nitro benzene ring substituents is 1. The Morgan fingerprint density at radius 3 is 2.38 bits per heavy atom. The Balaban J connectivity index is 1.67. The number of rotatable bonds is 4. The van der Waals surface area contributed by atoms with Gasteiger partial charge in [0.05, 0.1) is 4.92 Å². The van der Waals surface area contributed by atoms with Crippen LogP contribution in [0.3, 0.4) is 0 Å². The monoisotopic (exact) mass is 328 g/mol. The van der Waals surface area contributed by atoms with Crippen molar-refractivity contribution in [2.24, 2.45) is 17.3 Å². The summed E-state index contributed by atoms with van der Waals surface area (Å²) in [5, 5.41) is 13.7. The highest BCUT2D eigenvalue weighted by Crippen LogP contribution is 2.66. The van der Waals surface area contributed by atoms with E-state index in [2.05, 4.69) is 5.32 Å². The van der Waals surface area contributed by atoms with Crippen LogP contribution in [0.1, 0.15) is 50.5 Å². The van der Waals surface area contributed by atoms with Crippen LogP contribution in [0.25, 0.3) is 0 Å². The molecular weight excluding hydrogens is 304 g/mol.